The summed E-state index contributed by atoms with van der Waals surface area (Å²) in [7, 11) is -2.42. The minimum atomic E-state index is -3.78. The van der Waals surface area contributed by atoms with Gasteiger partial charge in [-0.1, -0.05) is 5.92 Å². The van der Waals surface area contributed by atoms with Crippen LogP contribution in [-0.4, -0.2) is 37.4 Å². The summed E-state index contributed by atoms with van der Waals surface area (Å²) in [6, 6.07) is 2.60. The van der Waals surface area contributed by atoms with Crippen molar-refractivity contribution in [2.24, 2.45) is 0 Å². The lowest BCUT2D eigenvalue weighted by atomic mass is 10.1. The summed E-state index contributed by atoms with van der Waals surface area (Å²) in [5.41, 5.74) is 1.07. The maximum atomic E-state index is 12.3. The van der Waals surface area contributed by atoms with Crippen LogP contribution in [0.1, 0.15) is 21.5 Å². The molecule has 1 rings (SSSR count). The molecule has 0 atom stereocenters. The number of sulfonamides is 1. The van der Waals surface area contributed by atoms with Gasteiger partial charge in [-0.25, -0.2) is 13.2 Å². The molecule has 0 saturated heterocycles. The molecule has 0 heterocycles. The quantitative estimate of drug-likeness (QED) is 0.843. The summed E-state index contributed by atoms with van der Waals surface area (Å²) >= 11 is 0. The number of aryl methyl sites for hydroxylation is 1. The molecule has 1 aromatic carbocycles. The molecule has 1 N–H and O–H groups in total. The molecule has 0 aliphatic rings. The molecule has 0 unspecified atom stereocenters. The van der Waals surface area contributed by atoms with E-state index in [9.17, 15) is 13.2 Å². The molecule has 6 heteroatoms. The number of rotatable bonds is 4. The second-order valence-electron chi connectivity index (χ2n) is 4.19. The number of terminal acetylenes is 1. The van der Waals surface area contributed by atoms with Crippen LogP contribution in [0.2, 0.25) is 0 Å². The summed E-state index contributed by atoms with van der Waals surface area (Å²) in [4.78, 5) is 11.0. The van der Waals surface area contributed by atoms with Gasteiger partial charge in [-0.15, -0.1) is 6.42 Å². The van der Waals surface area contributed by atoms with Gasteiger partial charge in [0.15, 0.2) is 0 Å². The van der Waals surface area contributed by atoms with Crippen LogP contribution in [-0.2, 0) is 10.0 Å². The first kappa shape index (κ1) is 15.2. The summed E-state index contributed by atoms with van der Waals surface area (Å²) in [6.07, 6.45) is 5.10. The molecule has 102 valence electrons. The second-order valence-corrected chi connectivity index (χ2v) is 6.20. The SMILES string of the molecule is C#CCN(C)S(=O)(=O)c1cc(C(=O)O)cc(C)c1C. The van der Waals surface area contributed by atoms with Crippen molar-refractivity contribution in [2.45, 2.75) is 18.7 Å². The molecular weight excluding hydrogens is 266 g/mol. The van der Waals surface area contributed by atoms with Gasteiger partial charge in [0.05, 0.1) is 17.0 Å². The average molecular weight is 281 g/mol. The van der Waals surface area contributed by atoms with Crippen molar-refractivity contribution >= 4 is 16.0 Å². The predicted molar refractivity (Wildman–Crippen MR) is 71.5 cm³/mol. The van der Waals surface area contributed by atoms with Gasteiger partial charge >= 0.3 is 5.97 Å². The molecule has 0 fully saturated rings. The first-order chi connectivity index (χ1) is 8.71. The topological polar surface area (TPSA) is 74.7 Å². The van der Waals surface area contributed by atoms with Gasteiger partial charge in [-0.3, -0.25) is 0 Å². The molecule has 0 bridgehead atoms. The van der Waals surface area contributed by atoms with Crippen LogP contribution in [0.5, 0.6) is 0 Å². The molecule has 0 saturated carbocycles. The minimum Gasteiger partial charge on any atom is -0.478 e. The maximum Gasteiger partial charge on any atom is 0.335 e. The highest BCUT2D eigenvalue weighted by Gasteiger charge is 2.24. The van der Waals surface area contributed by atoms with Crippen molar-refractivity contribution in [1.29, 1.82) is 0 Å². The number of benzene rings is 1. The Morgan fingerprint density at radius 3 is 2.47 bits per heavy atom. The average Bonchev–Trinajstić information content (AvgIpc) is 2.32. The van der Waals surface area contributed by atoms with E-state index in [2.05, 4.69) is 5.92 Å². The molecule has 0 amide bonds. The summed E-state index contributed by atoms with van der Waals surface area (Å²) in [5.74, 6) is 1.08. The lowest BCUT2D eigenvalue weighted by Crippen LogP contribution is -2.28. The first-order valence-corrected chi connectivity index (χ1v) is 6.90. The standard InChI is InChI=1S/C13H15NO4S/c1-5-6-14(4)19(17,18)12-8-11(13(15)16)7-9(2)10(12)3/h1,7-8H,6H2,2-4H3,(H,15,16). The third-order valence-electron chi connectivity index (χ3n) is 2.87. The Kier molecular flexibility index (Phi) is 4.35. The zero-order chi connectivity index (χ0) is 14.8. The highest BCUT2D eigenvalue weighted by molar-refractivity contribution is 7.89. The number of carbonyl (C=O) groups is 1. The van der Waals surface area contributed by atoms with E-state index in [1.165, 1.54) is 13.1 Å². The number of aromatic carboxylic acids is 1. The van der Waals surface area contributed by atoms with Crippen LogP contribution in [0, 0.1) is 26.2 Å². The Balaban J connectivity index is 3.51. The van der Waals surface area contributed by atoms with Crippen molar-refractivity contribution < 1.29 is 18.3 Å². The Morgan fingerprint density at radius 1 is 1.42 bits per heavy atom. The molecule has 0 radical (unpaired) electrons. The van der Waals surface area contributed by atoms with Crippen LogP contribution in [0.25, 0.3) is 0 Å². The van der Waals surface area contributed by atoms with Crippen LogP contribution < -0.4 is 0 Å². The highest BCUT2D eigenvalue weighted by Crippen LogP contribution is 2.23. The lowest BCUT2D eigenvalue weighted by Gasteiger charge is -2.17. The molecule has 5 nitrogen and oxygen atoms in total. The van der Waals surface area contributed by atoms with Crippen molar-refractivity contribution in [3.8, 4) is 12.3 Å². The van der Waals surface area contributed by atoms with Crippen LogP contribution in [0.4, 0.5) is 0 Å². The van der Waals surface area contributed by atoms with Crippen molar-refractivity contribution in [3.05, 3.63) is 28.8 Å². The van der Waals surface area contributed by atoms with E-state index in [1.54, 1.807) is 13.8 Å². The number of carboxylic acids is 1. The van der Waals surface area contributed by atoms with Gasteiger partial charge in [0.2, 0.25) is 10.0 Å². The zero-order valence-corrected chi connectivity index (χ0v) is 11.8. The number of carboxylic acid groups (broad SMARTS) is 1. The van der Waals surface area contributed by atoms with Crippen LogP contribution in [0.15, 0.2) is 17.0 Å². The maximum absolute atomic E-state index is 12.3. The van der Waals surface area contributed by atoms with Gasteiger partial charge in [-0.2, -0.15) is 4.31 Å². The predicted octanol–water partition coefficient (Wildman–Crippen LogP) is 1.26. The normalized spacial score (nSPS) is 11.3. The largest absolute Gasteiger partial charge is 0.478 e. The van der Waals surface area contributed by atoms with Gasteiger partial charge < -0.3 is 5.11 Å². The fraction of sp³-hybridized carbons (Fsp3) is 0.308. The summed E-state index contributed by atoms with van der Waals surface area (Å²) in [5, 5.41) is 8.99. The third-order valence-corrected chi connectivity index (χ3v) is 4.80. The van der Waals surface area contributed by atoms with Crippen LogP contribution >= 0.6 is 0 Å². The van der Waals surface area contributed by atoms with E-state index >= 15 is 0 Å². The Morgan fingerprint density at radius 2 is 2.00 bits per heavy atom. The number of nitrogens with zero attached hydrogens (tertiary/aromatic N) is 1. The van der Waals surface area contributed by atoms with Gasteiger partial charge in [0.1, 0.15) is 0 Å². The monoisotopic (exact) mass is 281 g/mol. The third kappa shape index (κ3) is 2.95. The van der Waals surface area contributed by atoms with Gasteiger partial charge in [0, 0.05) is 7.05 Å². The Hall–Kier alpha value is -1.84. The van der Waals surface area contributed by atoms with Crippen LogP contribution in [0.3, 0.4) is 0 Å². The number of hydrogen-bond acceptors (Lipinski definition) is 3. The molecular formula is C13H15NO4S. The van der Waals surface area contributed by atoms with Crippen molar-refractivity contribution in [2.75, 3.05) is 13.6 Å². The Labute approximate surface area is 112 Å². The fourth-order valence-corrected chi connectivity index (χ4v) is 3.00. The smallest absolute Gasteiger partial charge is 0.335 e. The fourth-order valence-electron chi connectivity index (χ4n) is 1.60. The van der Waals surface area contributed by atoms with E-state index in [-0.39, 0.29) is 17.0 Å². The zero-order valence-electron chi connectivity index (χ0n) is 11.0. The molecule has 0 aliphatic carbocycles. The highest BCUT2D eigenvalue weighted by atomic mass is 32.2. The van der Waals surface area contributed by atoms with E-state index in [0.29, 0.717) is 11.1 Å². The molecule has 0 spiro atoms. The van der Waals surface area contributed by atoms with Gasteiger partial charge in [0.25, 0.3) is 0 Å². The molecule has 1 aromatic rings. The van der Waals surface area contributed by atoms with Crippen molar-refractivity contribution in [3.63, 3.8) is 0 Å². The summed E-state index contributed by atoms with van der Waals surface area (Å²) < 4.78 is 25.6. The number of hydrogen-bond donors (Lipinski definition) is 1. The molecule has 0 aliphatic heterocycles. The van der Waals surface area contributed by atoms with E-state index in [0.717, 1.165) is 10.4 Å². The lowest BCUT2D eigenvalue weighted by molar-refractivity contribution is 0.0696. The van der Waals surface area contributed by atoms with E-state index < -0.39 is 16.0 Å². The first-order valence-electron chi connectivity index (χ1n) is 5.46. The van der Waals surface area contributed by atoms with Crippen molar-refractivity contribution in [1.82, 2.24) is 4.31 Å². The Bertz CT molecular complexity index is 656. The second kappa shape index (κ2) is 5.43. The minimum absolute atomic E-state index is 0.0253. The van der Waals surface area contributed by atoms with Gasteiger partial charge in [-0.05, 0) is 37.1 Å². The molecule has 0 aromatic heterocycles. The summed E-state index contributed by atoms with van der Waals surface area (Å²) in [6.45, 7) is 3.23. The van der Waals surface area contributed by atoms with E-state index in [4.69, 9.17) is 11.5 Å². The van der Waals surface area contributed by atoms with E-state index in [1.807, 2.05) is 0 Å². The molecule has 19 heavy (non-hydrogen) atoms.